The number of ether oxygens (including phenoxy) is 1. The number of piperidine rings is 1. The number of rotatable bonds is 6. The Labute approximate surface area is 99.0 Å². The molecule has 4 nitrogen and oxygen atoms in total. The Morgan fingerprint density at radius 2 is 2.00 bits per heavy atom. The highest BCUT2D eigenvalue weighted by Crippen LogP contribution is 2.11. The Hall–Kier alpha value is -0.160. The summed E-state index contributed by atoms with van der Waals surface area (Å²) in [7, 11) is 1.63. The zero-order chi connectivity index (χ0) is 12.0. The van der Waals surface area contributed by atoms with Gasteiger partial charge in [-0.15, -0.1) is 0 Å². The summed E-state index contributed by atoms with van der Waals surface area (Å²) in [5, 5.41) is 13.2. The van der Waals surface area contributed by atoms with Crippen molar-refractivity contribution in [2.24, 2.45) is 0 Å². The van der Waals surface area contributed by atoms with Gasteiger partial charge in [0.1, 0.15) is 0 Å². The molecule has 16 heavy (non-hydrogen) atoms. The standard InChI is InChI=1S/C12H26N2O2/c1-10(2)13-11-4-6-14(7-5-11)8-12(15)9-16-3/h10-13,15H,4-9H2,1-3H3. The van der Waals surface area contributed by atoms with Crippen LogP contribution in [-0.4, -0.2) is 61.5 Å². The Kier molecular flexibility index (Phi) is 6.28. The highest BCUT2D eigenvalue weighted by atomic mass is 16.5. The van der Waals surface area contributed by atoms with Gasteiger partial charge in [0.2, 0.25) is 0 Å². The lowest BCUT2D eigenvalue weighted by Crippen LogP contribution is -2.47. The van der Waals surface area contributed by atoms with Crippen LogP contribution in [0.4, 0.5) is 0 Å². The second-order valence-corrected chi connectivity index (χ2v) is 5.01. The van der Waals surface area contributed by atoms with Gasteiger partial charge in [-0.3, -0.25) is 0 Å². The monoisotopic (exact) mass is 230 g/mol. The van der Waals surface area contributed by atoms with Crippen LogP contribution in [0.1, 0.15) is 26.7 Å². The van der Waals surface area contributed by atoms with Crippen molar-refractivity contribution in [3.63, 3.8) is 0 Å². The summed E-state index contributed by atoms with van der Waals surface area (Å²) in [5.74, 6) is 0. The molecule has 1 aliphatic heterocycles. The minimum absolute atomic E-state index is 0.348. The molecule has 0 aromatic carbocycles. The van der Waals surface area contributed by atoms with Gasteiger partial charge in [0.25, 0.3) is 0 Å². The van der Waals surface area contributed by atoms with Gasteiger partial charge in [-0.25, -0.2) is 0 Å². The van der Waals surface area contributed by atoms with Crippen LogP contribution in [0.25, 0.3) is 0 Å². The molecule has 1 saturated heterocycles. The molecule has 0 amide bonds. The van der Waals surface area contributed by atoms with Gasteiger partial charge >= 0.3 is 0 Å². The van der Waals surface area contributed by atoms with Gasteiger partial charge < -0.3 is 20.1 Å². The van der Waals surface area contributed by atoms with E-state index in [0.29, 0.717) is 18.7 Å². The Morgan fingerprint density at radius 1 is 1.38 bits per heavy atom. The number of likely N-dealkylation sites (tertiary alicyclic amines) is 1. The van der Waals surface area contributed by atoms with Crippen molar-refractivity contribution < 1.29 is 9.84 Å². The summed E-state index contributed by atoms with van der Waals surface area (Å²) >= 11 is 0. The first-order valence-electron chi connectivity index (χ1n) is 6.27. The van der Waals surface area contributed by atoms with Crippen molar-refractivity contribution in [3.05, 3.63) is 0 Å². The number of methoxy groups -OCH3 is 1. The summed E-state index contributed by atoms with van der Waals surface area (Å²) < 4.78 is 4.93. The molecule has 0 bridgehead atoms. The lowest BCUT2D eigenvalue weighted by Gasteiger charge is -2.34. The van der Waals surface area contributed by atoms with Crippen molar-refractivity contribution >= 4 is 0 Å². The Morgan fingerprint density at radius 3 is 2.50 bits per heavy atom. The van der Waals surface area contributed by atoms with Gasteiger partial charge in [0, 0.05) is 25.7 Å². The van der Waals surface area contributed by atoms with E-state index in [9.17, 15) is 5.11 Å². The molecule has 1 rings (SSSR count). The molecule has 0 aromatic rings. The van der Waals surface area contributed by atoms with E-state index in [1.54, 1.807) is 7.11 Å². The molecule has 1 unspecified atom stereocenters. The number of aliphatic hydroxyl groups is 1. The van der Waals surface area contributed by atoms with Crippen LogP contribution in [0.15, 0.2) is 0 Å². The van der Waals surface area contributed by atoms with Gasteiger partial charge in [0.05, 0.1) is 12.7 Å². The van der Waals surface area contributed by atoms with Gasteiger partial charge in [-0.05, 0) is 25.9 Å². The third kappa shape index (κ3) is 5.25. The molecule has 0 aromatic heterocycles. The van der Waals surface area contributed by atoms with Gasteiger partial charge in [-0.2, -0.15) is 0 Å². The zero-order valence-electron chi connectivity index (χ0n) is 10.8. The summed E-state index contributed by atoms with van der Waals surface area (Å²) in [6.07, 6.45) is 2.01. The van der Waals surface area contributed by atoms with E-state index in [-0.39, 0.29) is 6.10 Å². The number of hydrogen-bond acceptors (Lipinski definition) is 4. The third-order valence-electron chi connectivity index (χ3n) is 2.98. The molecule has 1 heterocycles. The third-order valence-corrected chi connectivity index (χ3v) is 2.98. The second kappa shape index (κ2) is 7.22. The molecule has 96 valence electrons. The molecule has 0 aliphatic carbocycles. The van der Waals surface area contributed by atoms with Crippen molar-refractivity contribution in [3.8, 4) is 0 Å². The maximum absolute atomic E-state index is 9.63. The first kappa shape index (κ1) is 13.9. The average molecular weight is 230 g/mol. The highest BCUT2D eigenvalue weighted by molar-refractivity contribution is 4.79. The first-order chi connectivity index (χ1) is 7.61. The number of hydrogen-bond donors (Lipinski definition) is 2. The summed E-state index contributed by atoms with van der Waals surface area (Å²) in [4.78, 5) is 2.32. The molecule has 2 N–H and O–H groups in total. The predicted octanol–water partition coefficient (Wildman–Crippen LogP) is 0.456. The van der Waals surface area contributed by atoms with Crippen LogP contribution >= 0.6 is 0 Å². The highest BCUT2D eigenvalue weighted by Gasteiger charge is 2.20. The zero-order valence-corrected chi connectivity index (χ0v) is 10.8. The van der Waals surface area contributed by atoms with Crippen LogP contribution in [-0.2, 0) is 4.74 Å². The van der Waals surface area contributed by atoms with Gasteiger partial charge in [-0.1, -0.05) is 13.8 Å². The largest absolute Gasteiger partial charge is 0.389 e. The topological polar surface area (TPSA) is 44.7 Å². The van der Waals surface area contributed by atoms with Crippen molar-refractivity contribution in [1.82, 2.24) is 10.2 Å². The van der Waals surface area contributed by atoms with E-state index in [1.807, 2.05) is 0 Å². The summed E-state index contributed by atoms with van der Waals surface area (Å²) in [6.45, 7) is 7.70. The molecule has 0 saturated carbocycles. The SMILES string of the molecule is COCC(O)CN1CCC(NC(C)C)CC1. The molecular weight excluding hydrogens is 204 g/mol. The maximum Gasteiger partial charge on any atom is 0.0900 e. The molecule has 1 atom stereocenters. The first-order valence-corrected chi connectivity index (χ1v) is 6.27. The van der Waals surface area contributed by atoms with Crippen LogP contribution < -0.4 is 5.32 Å². The second-order valence-electron chi connectivity index (χ2n) is 5.01. The smallest absolute Gasteiger partial charge is 0.0900 e. The molecule has 1 fully saturated rings. The van der Waals surface area contributed by atoms with Crippen molar-refractivity contribution in [2.75, 3.05) is 33.4 Å². The maximum atomic E-state index is 9.63. The number of β-amino-alcohol motifs (C(OH)–C–C–N with tert-alkyl or cyclic N) is 1. The van der Waals surface area contributed by atoms with E-state index in [0.717, 1.165) is 19.6 Å². The van der Waals surface area contributed by atoms with Crippen LogP contribution in [0.3, 0.4) is 0 Å². The Bertz CT molecular complexity index is 180. The predicted molar refractivity (Wildman–Crippen MR) is 65.6 cm³/mol. The molecule has 0 radical (unpaired) electrons. The number of nitrogens with one attached hydrogen (secondary N) is 1. The fraction of sp³-hybridized carbons (Fsp3) is 1.00. The lowest BCUT2D eigenvalue weighted by atomic mass is 10.0. The minimum atomic E-state index is -0.348. The van der Waals surface area contributed by atoms with Crippen LogP contribution in [0, 0.1) is 0 Å². The van der Waals surface area contributed by atoms with Crippen LogP contribution in [0.5, 0.6) is 0 Å². The van der Waals surface area contributed by atoms with E-state index < -0.39 is 0 Å². The van der Waals surface area contributed by atoms with E-state index in [1.165, 1.54) is 12.8 Å². The van der Waals surface area contributed by atoms with Crippen molar-refractivity contribution in [1.29, 1.82) is 0 Å². The number of nitrogens with zero attached hydrogens (tertiary/aromatic N) is 1. The molecule has 0 spiro atoms. The van der Waals surface area contributed by atoms with E-state index in [4.69, 9.17) is 4.74 Å². The quantitative estimate of drug-likeness (QED) is 0.696. The fourth-order valence-corrected chi connectivity index (χ4v) is 2.30. The summed E-state index contributed by atoms with van der Waals surface area (Å²) in [5.41, 5.74) is 0. The number of aliphatic hydroxyl groups excluding tert-OH is 1. The van der Waals surface area contributed by atoms with Gasteiger partial charge in [0.15, 0.2) is 0 Å². The normalized spacial score (nSPS) is 21.6. The van der Waals surface area contributed by atoms with Crippen molar-refractivity contribution in [2.45, 2.75) is 44.9 Å². The average Bonchev–Trinajstić information content (AvgIpc) is 2.20. The minimum Gasteiger partial charge on any atom is -0.389 e. The molecule has 1 aliphatic rings. The summed E-state index contributed by atoms with van der Waals surface area (Å²) in [6, 6.07) is 1.21. The Balaban J connectivity index is 2.16. The lowest BCUT2D eigenvalue weighted by molar-refractivity contribution is 0.0308. The van der Waals surface area contributed by atoms with E-state index in [2.05, 4.69) is 24.1 Å². The van der Waals surface area contributed by atoms with E-state index >= 15 is 0 Å². The molecular formula is C12H26N2O2. The van der Waals surface area contributed by atoms with Crippen LogP contribution in [0.2, 0.25) is 0 Å². The molecule has 4 heteroatoms. The fourth-order valence-electron chi connectivity index (χ4n) is 2.30.